The van der Waals surface area contributed by atoms with Gasteiger partial charge in [-0.2, -0.15) is 0 Å². The van der Waals surface area contributed by atoms with E-state index in [-0.39, 0.29) is 17.9 Å². The summed E-state index contributed by atoms with van der Waals surface area (Å²) in [6.07, 6.45) is -0.0680. The lowest BCUT2D eigenvalue weighted by Gasteiger charge is -2.02. The van der Waals surface area contributed by atoms with Crippen LogP contribution in [0.3, 0.4) is 0 Å². The predicted octanol–water partition coefficient (Wildman–Crippen LogP) is 2.26. The van der Waals surface area contributed by atoms with Gasteiger partial charge < -0.3 is 4.98 Å². The molecule has 0 saturated carbocycles. The number of aromatic amines is 1. The lowest BCUT2D eigenvalue weighted by molar-refractivity contribution is 0.0991. The number of carbonyl (C=O) groups is 1. The summed E-state index contributed by atoms with van der Waals surface area (Å²) in [6.45, 7) is 0. The number of Topliss-reactive ketones (excluding diaryl/α,β-unsaturated/α-hetero) is 1. The number of nitrogens with one attached hydrogen (secondary N) is 1. The van der Waals surface area contributed by atoms with Crippen LogP contribution in [-0.2, 0) is 6.42 Å². The van der Waals surface area contributed by atoms with Crippen LogP contribution in [0.4, 0.5) is 0 Å². The van der Waals surface area contributed by atoms with Gasteiger partial charge in [0, 0.05) is 11.1 Å². The molecule has 22 heavy (non-hydrogen) atoms. The number of hydrogen-bond donors (Lipinski definition) is 1. The molecular weight excluding hydrogens is 278 g/mol. The number of aromatic nitrogens is 3. The van der Waals surface area contributed by atoms with Crippen LogP contribution >= 0.6 is 0 Å². The minimum absolute atomic E-state index is 0.0680. The molecule has 1 heterocycles. The predicted molar refractivity (Wildman–Crippen MR) is 82.6 cm³/mol. The SMILES string of the molecule is O=C(Cc1nnc(-c2ccccc2)[nH]c1=O)c1ccccc1. The van der Waals surface area contributed by atoms with Crippen molar-refractivity contribution in [3.8, 4) is 11.4 Å². The fourth-order valence-corrected chi connectivity index (χ4v) is 2.08. The zero-order chi connectivity index (χ0) is 15.4. The second kappa shape index (κ2) is 6.13. The number of ketones is 1. The summed E-state index contributed by atoms with van der Waals surface area (Å²) in [5.74, 6) is 0.231. The van der Waals surface area contributed by atoms with Crippen molar-refractivity contribution >= 4 is 5.78 Å². The minimum atomic E-state index is -0.391. The molecule has 0 amide bonds. The van der Waals surface area contributed by atoms with E-state index in [1.54, 1.807) is 24.3 Å². The third-order valence-electron chi connectivity index (χ3n) is 3.24. The van der Waals surface area contributed by atoms with Gasteiger partial charge in [-0.05, 0) is 0 Å². The Balaban J connectivity index is 1.85. The van der Waals surface area contributed by atoms with Gasteiger partial charge in [0.15, 0.2) is 11.6 Å². The summed E-state index contributed by atoms with van der Waals surface area (Å²) in [6, 6.07) is 18.0. The Morgan fingerprint density at radius 1 is 0.909 bits per heavy atom. The second-order valence-electron chi connectivity index (χ2n) is 4.78. The number of benzene rings is 2. The second-order valence-corrected chi connectivity index (χ2v) is 4.78. The van der Waals surface area contributed by atoms with E-state index in [9.17, 15) is 9.59 Å². The Labute approximate surface area is 126 Å². The first kappa shape index (κ1) is 13.9. The van der Waals surface area contributed by atoms with E-state index in [0.29, 0.717) is 11.4 Å². The molecule has 0 aliphatic heterocycles. The van der Waals surface area contributed by atoms with Crippen molar-refractivity contribution in [2.75, 3.05) is 0 Å². The van der Waals surface area contributed by atoms with Gasteiger partial charge in [0.1, 0.15) is 5.69 Å². The summed E-state index contributed by atoms with van der Waals surface area (Å²) in [5, 5.41) is 7.90. The maximum atomic E-state index is 12.1. The highest BCUT2D eigenvalue weighted by Gasteiger charge is 2.12. The van der Waals surface area contributed by atoms with Gasteiger partial charge in [-0.25, -0.2) is 0 Å². The van der Waals surface area contributed by atoms with E-state index in [4.69, 9.17) is 0 Å². The summed E-state index contributed by atoms with van der Waals surface area (Å²) >= 11 is 0. The molecule has 5 nitrogen and oxygen atoms in total. The molecule has 0 fully saturated rings. The molecule has 3 aromatic rings. The van der Waals surface area contributed by atoms with Crippen LogP contribution in [0.25, 0.3) is 11.4 Å². The first-order chi connectivity index (χ1) is 10.7. The average molecular weight is 291 g/mol. The largest absolute Gasteiger partial charge is 0.303 e. The Morgan fingerprint density at radius 3 is 2.18 bits per heavy atom. The van der Waals surface area contributed by atoms with Crippen LogP contribution in [0.2, 0.25) is 0 Å². The van der Waals surface area contributed by atoms with E-state index in [0.717, 1.165) is 5.56 Å². The average Bonchev–Trinajstić information content (AvgIpc) is 2.58. The Morgan fingerprint density at radius 2 is 1.55 bits per heavy atom. The third-order valence-corrected chi connectivity index (χ3v) is 3.24. The van der Waals surface area contributed by atoms with E-state index in [1.165, 1.54) is 0 Å². The Kier molecular flexibility index (Phi) is 3.87. The highest BCUT2D eigenvalue weighted by Crippen LogP contribution is 2.11. The summed E-state index contributed by atoms with van der Waals surface area (Å²) in [5.41, 5.74) is 1.05. The maximum absolute atomic E-state index is 12.1. The number of rotatable bonds is 4. The summed E-state index contributed by atoms with van der Waals surface area (Å²) < 4.78 is 0. The molecule has 1 N–H and O–H groups in total. The number of carbonyl (C=O) groups excluding carboxylic acids is 1. The lowest BCUT2D eigenvalue weighted by atomic mass is 10.1. The zero-order valence-electron chi connectivity index (χ0n) is 11.7. The molecule has 5 heteroatoms. The first-order valence-corrected chi connectivity index (χ1v) is 6.83. The summed E-state index contributed by atoms with van der Waals surface area (Å²) in [7, 11) is 0. The molecular formula is C17H13N3O2. The molecule has 3 rings (SSSR count). The molecule has 0 spiro atoms. The highest BCUT2D eigenvalue weighted by atomic mass is 16.1. The molecule has 0 bridgehead atoms. The van der Waals surface area contributed by atoms with Crippen LogP contribution in [0, 0.1) is 0 Å². The van der Waals surface area contributed by atoms with Crippen LogP contribution in [0.15, 0.2) is 65.5 Å². The topological polar surface area (TPSA) is 75.7 Å². The van der Waals surface area contributed by atoms with E-state index >= 15 is 0 Å². The minimum Gasteiger partial charge on any atom is -0.303 e. The van der Waals surface area contributed by atoms with Gasteiger partial charge in [0.2, 0.25) is 0 Å². The van der Waals surface area contributed by atoms with Crippen LogP contribution in [-0.4, -0.2) is 21.0 Å². The quantitative estimate of drug-likeness (QED) is 0.748. The zero-order valence-corrected chi connectivity index (χ0v) is 11.7. The summed E-state index contributed by atoms with van der Waals surface area (Å²) in [4.78, 5) is 26.8. The fraction of sp³-hybridized carbons (Fsp3) is 0.0588. The lowest BCUT2D eigenvalue weighted by Crippen LogP contribution is -2.20. The van der Waals surface area contributed by atoms with Crippen LogP contribution < -0.4 is 5.56 Å². The van der Waals surface area contributed by atoms with Crippen LogP contribution in [0.5, 0.6) is 0 Å². The molecule has 0 radical (unpaired) electrons. The molecule has 108 valence electrons. The van der Waals surface area contributed by atoms with Gasteiger partial charge >= 0.3 is 0 Å². The standard InChI is InChI=1S/C17H13N3O2/c21-15(12-7-3-1-4-8-12)11-14-17(22)18-16(20-19-14)13-9-5-2-6-10-13/h1-10H,11H2,(H,18,20,22). The normalized spacial score (nSPS) is 10.4. The Bertz CT molecular complexity index is 843. The molecule has 0 saturated heterocycles. The molecule has 1 aromatic heterocycles. The van der Waals surface area contributed by atoms with Gasteiger partial charge in [-0.3, -0.25) is 9.59 Å². The molecule has 0 aliphatic carbocycles. The number of nitrogens with zero attached hydrogens (tertiary/aromatic N) is 2. The highest BCUT2D eigenvalue weighted by molar-refractivity contribution is 5.97. The van der Waals surface area contributed by atoms with Crippen molar-refractivity contribution in [3.05, 3.63) is 82.3 Å². The monoisotopic (exact) mass is 291 g/mol. The van der Waals surface area contributed by atoms with Crippen molar-refractivity contribution in [1.29, 1.82) is 0 Å². The van der Waals surface area contributed by atoms with Gasteiger partial charge in [0.25, 0.3) is 5.56 Å². The van der Waals surface area contributed by atoms with Crippen molar-refractivity contribution in [1.82, 2.24) is 15.2 Å². The smallest absolute Gasteiger partial charge is 0.273 e. The molecule has 0 aliphatic rings. The van der Waals surface area contributed by atoms with E-state index in [2.05, 4.69) is 15.2 Å². The number of H-pyrrole nitrogens is 1. The number of hydrogen-bond acceptors (Lipinski definition) is 4. The van der Waals surface area contributed by atoms with Crippen molar-refractivity contribution in [2.24, 2.45) is 0 Å². The molecule has 0 unspecified atom stereocenters. The van der Waals surface area contributed by atoms with E-state index < -0.39 is 5.56 Å². The molecule has 2 aromatic carbocycles. The molecule has 0 atom stereocenters. The van der Waals surface area contributed by atoms with Gasteiger partial charge in [-0.15, -0.1) is 10.2 Å². The Hall–Kier alpha value is -3.08. The maximum Gasteiger partial charge on any atom is 0.273 e. The third kappa shape index (κ3) is 2.98. The first-order valence-electron chi connectivity index (χ1n) is 6.83. The van der Waals surface area contributed by atoms with Crippen molar-refractivity contribution in [3.63, 3.8) is 0 Å². The van der Waals surface area contributed by atoms with Gasteiger partial charge in [0.05, 0.1) is 6.42 Å². The fourth-order valence-electron chi connectivity index (χ4n) is 2.08. The van der Waals surface area contributed by atoms with Crippen LogP contribution in [0.1, 0.15) is 16.1 Å². The van der Waals surface area contributed by atoms with E-state index in [1.807, 2.05) is 36.4 Å². The van der Waals surface area contributed by atoms with Crippen molar-refractivity contribution < 1.29 is 4.79 Å². The van der Waals surface area contributed by atoms with Gasteiger partial charge in [-0.1, -0.05) is 60.7 Å². The van der Waals surface area contributed by atoms with Crippen molar-refractivity contribution in [2.45, 2.75) is 6.42 Å².